The van der Waals surface area contributed by atoms with Gasteiger partial charge < -0.3 is 29.4 Å². The zero-order valence-corrected chi connectivity index (χ0v) is 23.7. The minimum atomic E-state index is -0.570. The summed E-state index contributed by atoms with van der Waals surface area (Å²) in [6.07, 6.45) is 2.80. The van der Waals surface area contributed by atoms with Crippen LogP contribution in [0.4, 0.5) is 5.69 Å². The lowest BCUT2D eigenvalue weighted by Gasteiger charge is -2.26. The van der Waals surface area contributed by atoms with Crippen molar-refractivity contribution < 1.29 is 19.0 Å². The lowest BCUT2D eigenvalue weighted by atomic mass is 10.2. The first-order valence-electron chi connectivity index (χ1n) is 13.1. The molecule has 0 aromatic carbocycles. The van der Waals surface area contributed by atoms with Crippen molar-refractivity contribution in [2.45, 2.75) is 32.7 Å². The third kappa shape index (κ3) is 6.23. The molecule has 0 spiro atoms. The number of aromatic nitrogens is 3. The van der Waals surface area contributed by atoms with Crippen LogP contribution >= 0.6 is 15.9 Å². The number of morpholine rings is 1. The Morgan fingerprint density at radius 3 is 2.72 bits per heavy atom. The minimum absolute atomic E-state index is 0.124. The molecule has 39 heavy (non-hydrogen) atoms. The summed E-state index contributed by atoms with van der Waals surface area (Å²) in [7, 11) is 0. The molecule has 5 heterocycles. The average Bonchev–Trinajstić information content (AvgIpc) is 3.60. The quantitative estimate of drug-likeness (QED) is 0.381. The minimum Gasteiger partial charge on any atom is -0.383 e. The maximum Gasteiger partial charge on any atom is 0.255 e. The van der Waals surface area contributed by atoms with Gasteiger partial charge in [0.25, 0.3) is 5.91 Å². The van der Waals surface area contributed by atoms with Crippen molar-refractivity contribution in [2.75, 3.05) is 57.9 Å². The number of carbonyl (C=O) groups excluding carboxylic acids is 1. The molecule has 1 amide bonds. The van der Waals surface area contributed by atoms with Gasteiger partial charge in [0, 0.05) is 49.1 Å². The van der Waals surface area contributed by atoms with Crippen LogP contribution in [0, 0.1) is 11.3 Å². The van der Waals surface area contributed by atoms with Crippen molar-refractivity contribution in [2.24, 2.45) is 0 Å². The predicted octanol–water partition coefficient (Wildman–Crippen LogP) is 3.37. The van der Waals surface area contributed by atoms with Gasteiger partial charge in [0.15, 0.2) is 0 Å². The van der Waals surface area contributed by atoms with Gasteiger partial charge in [-0.2, -0.15) is 5.26 Å². The third-order valence-electron chi connectivity index (χ3n) is 6.79. The second kappa shape index (κ2) is 12.4. The normalized spacial score (nSPS) is 16.6. The molecule has 0 aliphatic carbocycles. The van der Waals surface area contributed by atoms with Crippen LogP contribution in [0.15, 0.2) is 29.0 Å². The number of hydrogen-bond donors (Lipinski definition) is 2. The maximum absolute atomic E-state index is 13.4. The van der Waals surface area contributed by atoms with Gasteiger partial charge in [-0.1, -0.05) is 0 Å². The highest BCUT2D eigenvalue weighted by Crippen LogP contribution is 2.33. The molecule has 2 aliphatic rings. The Bertz CT molecular complexity index is 1370. The Labute approximate surface area is 235 Å². The van der Waals surface area contributed by atoms with Crippen LogP contribution in [0.3, 0.4) is 0 Å². The molecule has 0 bridgehead atoms. The number of carbonyl (C=O) groups is 1. The van der Waals surface area contributed by atoms with E-state index in [0.717, 1.165) is 42.8 Å². The van der Waals surface area contributed by atoms with Crippen molar-refractivity contribution in [3.63, 3.8) is 0 Å². The van der Waals surface area contributed by atoms with Gasteiger partial charge in [0.2, 0.25) is 6.29 Å². The van der Waals surface area contributed by atoms with Gasteiger partial charge in [-0.3, -0.25) is 14.7 Å². The fraction of sp³-hybridized carbons (Fsp3) is 0.481. The van der Waals surface area contributed by atoms with Crippen molar-refractivity contribution in [3.8, 4) is 6.07 Å². The first kappa shape index (κ1) is 27.5. The van der Waals surface area contributed by atoms with Gasteiger partial charge >= 0.3 is 0 Å². The van der Waals surface area contributed by atoms with Crippen LogP contribution in [-0.2, 0) is 20.8 Å². The summed E-state index contributed by atoms with van der Waals surface area (Å²) < 4.78 is 19.5. The number of amides is 1. The number of fused-ring (bicyclic) bond motifs is 1. The van der Waals surface area contributed by atoms with E-state index in [1.807, 2.05) is 22.9 Å². The van der Waals surface area contributed by atoms with E-state index in [1.165, 1.54) is 6.20 Å². The molecule has 12 heteroatoms. The summed E-state index contributed by atoms with van der Waals surface area (Å²) in [5, 5.41) is 15.9. The lowest BCUT2D eigenvalue weighted by Crippen LogP contribution is -2.39. The Kier molecular flexibility index (Phi) is 8.74. The highest BCUT2D eigenvalue weighted by Gasteiger charge is 2.26. The van der Waals surface area contributed by atoms with E-state index >= 15 is 0 Å². The summed E-state index contributed by atoms with van der Waals surface area (Å²) in [5.74, 6) is -0.263. The zero-order valence-electron chi connectivity index (χ0n) is 22.1. The van der Waals surface area contributed by atoms with E-state index in [-0.39, 0.29) is 18.5 Å². The first-order chi connectivity index (χ1) is 18.9. The van der Waals surface area contributed by atoms with Crippen LogP contribution in [0.5, 0.6) is 0 Å². The summed E-state index contributed by atoms with van der Waals surface area (Å²) in [5.41, 5.74) is 4.30. The molecule has 5 rings (SSSR count). The van der Waals surface area contributed by atoms with Gasteiger partial charge in [-0.15, -0.1) is 0 Å². The van der Waals surface area contributed by atoms with E-state index in [9.17, 15) is 10.1 Å². The van der Waals surface area contributed by atoms with Crippen LogP contribution < -0.4 is 10.6 Å². The number of rotatable bonds is 9. The molecule has 0 saturated carbocycles. The molecule has 0 unspecified atom stereocenters. The van der Waals surface area contributed by atoms with Crippen LogP contribution in [-0.4, -0.2) is 77.9 Å². The van der Waals surface area contributed by atoms with Gasteiger partial charge in [0.1, 0.15) is 17.3 Å². The van der Waals surface area contributed by atoms with Crippen molar-refractivity contribution in [1.29, 1.82) is 5.26 Å². The zero-order chi connectivity index (χ0) is 27.4. The average molecular weight is 599 g/mol. The van der Waals surface area contributed by atoms with Gasteiger partial charge in [-0.25, -0.2) is 4.98 Å². The van der Waals surface area contributed by atoms with E-state index in [0.29, 0.717) is 53.5 Å². The molecular formula is C27H32BrN7O4. The fourth-order valence-corrected chi connectivity index (χ4v) is 5.20. The fourth-order valence-electron chi connectivity index (χ4n) is 4.70. The highest BCUT2D eigenvalue weighted by molar-refractivity contribution is 9.10. The highest BCUT2D eigenvalue weighted by atomic mass is 79.9. The lowest BCUT2D eigenvalue weighted by molar-refractivity contribution is -0.0476. The SMILES string of the molecule is CC(C)n1cc(C(=O)NCc2cc(NCCN3CCOCC3)c(C#N)cn2)c2nc(C3OCCO3)c(Br)cc21. The largest absolute Gasteiger partial charge is 0.383 e. The molecule has 3 aromatic heterocycles. The number of ether oxygens (including phenoxy) is 3. The van der Waals surface area contributed by atoms with Crippen molar-refractivity contribution >= 4 is 38.6 Å². The van der Waals surface area contributed by atoms with E-state index in [1.54, 1.807) is 0 Å². The number of pyridine rings is 2. The Morgan fingerprint density at radius 2 is 2.00 bits per heavy atom. The Balaban J connectivity index is 1.31. The maximum atomic E-state index is 13.4. The van der Waals surface area contributed by atoms with Gasteiger partial charge in [0.05, 0.1) is 61.0 Å². The van der Waals surface area contributed by atoms with Crippen molar-refractivity contribution in [1.82, 2.24) is 24.8 Å². The number of halogens is 1. The van der Waals surface area contributed by atoms with E-state index < -0.39 is 6.29 Å². The molecule has 2 aliphatic heterocycles. The monoisotopic (exact) mass is 597 g/mol. The second-order valence-corrected chi connectivity index (χ2v) is 10.6. The standard InChI is InChI=1S/C27H32BrN7O4/c1-17(2)35-16-20(24-23(35)12-21(28)25(33-24)27-38-9-10-39-27)26(36)32-15-19-11-22(18(13-29)14-31-19)30-3-4-34-5-7-37-8-6-34/h11-12,14,16-17,27H,3-10,15H2,1-2H3,(H,30,31)(H,32,36). The molecule has 206 valence electrons. The molecule has 3 aromatic rings. The van der Waals surface area contributed by atoms with E-state index in [4.69, 9.17) is 19.2 Å². The molecule has 0 atom stereocenters. The molecule has 11 nitrogen and oxygen atoms in total. The number of nitrogens with one attached hydrogen (secondary N) is 2. The van der Waals surface area contributed by atoms with Gasteiger partial charge in [-0.05, 0) is 41.9 Å². The Morgan fingerprint density at radius 1 is 1.23 bits per heavy atom. The first-order valence-corrected chi connectivity index (χ1v) is 13.9. The summed E-state index contributed by atoms with van der Waals surface area (Å²) in [6.45, 7) is 10.2. The molecule has 0 radical (unpaired) electrons. The topological polar surface area (TPSA) is 127 Å². The predicted molar refractivity (Wildman–Crippen MR) is 148 cm³/mol. The molecule has 2 fully saturated rings. The van der Waals surface area contributed by atoms with E-state index in [2.05, 4.69) is 56.4 Å². The third-order valence-corrected chi connectivity index (χ3v) is 7.42. The number of hydrogen-bond acceptors (Lipinski definition) is 9. The molecular weight excluding hydrogens is 566 g/mol. The summed E-state index contributed by atoms with van der Waals surface area (Å²) in [4.78, 5) is 24.9. The van der Waals surface area contributed by atoms with Crippen molar-refractivity contribution in [3.05, 3.63) is 51.5 Å². The smallest absolute Gasteiger partial charge is 0.255 e. The number of nitrogens with zero attached hydrogens (tertiary/aromatic N) is 5. The molecule has 2 N–H and O–H groups in total. The summed E-state index contributed by atoms with van der Waals surface area (Å²) >= 11 is 3.60. The molecule has 2 saturated heterocycles. The number of nitriles is 1. The number of anilines is 1. The Hall–Kier alpha value is -3.08. The van der Waals surface area contributed by atoms with Crippen LogP contribution in [0.25, 0.3) is 11.0 Å². The second-order valence-electron chi connectivity index (χ2n) is 9.74. The van der Waals surface area contributed by atoms with Crippen LogP contribution in [0.2, 0.25) is 0 Å². The van der Waals surface area contributed by atoms with Crippen LogP contribution in [0.1, 0.15) is 53.5 Å². The summed E-state index contributed by atoms with van der Waals surface area (Å²) in [6, 6.07) is 6.08.